The highest BCUT2D eigenvalue weighted by atomic mass is 35.5. The van der Waals surface area contributed by atoms with E-state index in [2.05, 4.69) is 5.32 Å². The predicted molar refractivity (Wildman–Crippen MR) is 97.0 cm³/mol. The van der Waals surface area contributed by atoms with Crippen molar-refractivity contribution in [2.75, 3.05) is 13.7 Å². The second-order valence-electron chi connectivity index (χ2n) is 5.73. The number of carbonyl (C=O) groups excluding carboxylic acids is 1. The second kappa shape index (κ2) is 9.30. The number of aliphatic hydroxyl groups is 1. The number of nitrogens with one attached hydrogen (secondary N) is 1. The van der Waals surface area contributed by atoms with Crippen LogP contribution in [0.1, 0.15) is 30.0 Å². The first-order valence-corrected chi connectivity index (χ1v) is 8.40. The van der Waals surface area contributed by atoms with Crippen LogP contribution in [-0.2, 0) is 6.54 Å². The minimum absolute atomic E-state index is 0.106. The smallest absolute Gasteiger partial charge is 0.317 e. The summed E-state index contributed by atoms with van der Waals surface area (Å²) in [5.41, 5.74) is 1.94. The van der Waals surface area contributed by atoms with Gasteiger partial charge in [-0.1, -0.05) is 60.1 Å². The fourth-order valence-corrected chi connectivity index (χ4v) is 2.71. The molecule has 0 aromatic heterocycles. The van der Waals surface area contributed by atoms with Crippen LogP contribution in [0.3, 0.4) is 0 Å². The first kappa shape index (κ1) is 18.3. The fraction of sp³-hybridized carbons (Fsp3) is 0.316. The summed E-state index contributed by atoms with van der Waals surface area (Å²) < 4.78 is 0. The molecule has 24 heavy (non-hydrogen) atoms. The number of aliphatic hydroxyl groups excluding tert-OH is 1. The van der Waals surface area contributed by atoms with Gasteiger partial charge in [0.25, 0.3) is 0 Å². The maximum Gasteiger partial charge on any atom is 0.317 e. The zero-order valence-electron chi connectivity index (χ0n) is 13.8. The van der Waals surface area contributed by atoms with Crippen LogP contribution in [0.25, 0.3) is 0 Å². The predicted octanol–water partition coefficient (Wildman–Crippen LogP) is 4.00. The molecular formula is C19H23ClN2O2. The normalized spacial score (nSPS) is 11.8. The Hall–Kier alpha value is -2.04. The van der Waals surface area contributed by atoms with E-state index in [0.717, 1.165) is 11.1 Å². The molecule has 0 radical (unpaired) electrons. The number of halogens is 1. The molecule has 2 aromatic rings. The molecule has 0 aliphatic heterocycles. The third-order valence-electron chi connectivity index (χ3n) is 3.86. The number of urea groups is 1. The Kier molecular flexibility index (Phi) is 7.09. The van der Waals surface area contributed by atoms with Crippen LogP contribution in [0.5, 0.6) is 0 Å². The van der Waals surface area contributed by atoms with Crippen molar-refractivity contribution in [3.8, 4) is 0 Å². The molecule has 0 bridgehead atoms. The summed E-state index contributed by atoms with van der Waals surface area (Å²) in [6, 6.07) is 17.0. The highest BCUT2D eigenvalue weighted by Crippen LogP contribution is 2.20. The number of carbonyl (C=O) groups is 1. The third-order valence-corrected chi connectivity index (χ3v) is 4.23. The van der Waals surface area contributed by atoms with Gasteiger partial charge in [-0.15, -0.1) is 0 Å². The van der Waals surface area contributed by atoms with Crippen LogP contribution < -0.4 is 5.32 Å². The summed E-state index contributed by atoms with van der Waals surface area (Å²) in [4.78, 5) is 14.1. The van der Waals surface area contributed by atoms with E-state index in [0.29, 0.717) is 24.4 Å². The van der Waals surface area contributed by atoms with E-state index < -0.39 is 0 Å². The number of rotatable bonds is 7. The highest BCUT2D eigenvalue weighted by molar-refractivity contribution is 6.31. The van der Waals surface area contributed by atoms with Gasteiger partial charge in [-0.2, -0.15) is 0 Å². The molecule has 1 unspecified atom stereocenters. The molecule has 0 aliphatic rings. The molecule has 0 aliphatic carbocycles. The zero-order chi connectivity index (χ0) is 17.4. The Labute approximate surface area is 148 Å². The lowest BCUT2D eigenvalue weighted by Gasteiger charge is -2.24. The topological polar surface area (TPSA) is 52.6 Å². The van der Waals surface area contributed by atoms with Gasteiger partial charge in [0.1, 0.15) is 0 Å². The van der Waals surface area contributed by atoms with Gasteiger partial charge >= 0.3 is 6.03 Å². The molecule has 0 saturated carbocycles. The van der Waals surface area contributed by atoms with Crippen molar-refractivity contribution in [1.29, 1.82) is 0 Å². The average Bonchev–Trinajstić information content (AvgIpc) is 2.61. The number of benzene rings is 2. The summed E-state index contributed by atoms with van der Waals surface area (Å²) in [7, 11) is 1.74. The summed E-state index contributed by atoms with van der Waals surface area (Å²) in [5, 5.41) is 12.8. The molecule has 2 aromatic carbocycles. The summed E-state index contributed by atoms with van der Waals surface area (Å²) in [6.07, 6.45) is 1.32. The fourth-order valence-electron chi connectivity index (χ4n) is 2.52. The van der Waals surface area contributed by atoms with Gasteiger partial charge in [0.05, 0.1) is 6.04 Å². The maximum absolute atomic E-state index is 12.5. The standard InChI is InChI=1S/C19H23ClN2O2/c1-22(14-16-10-5-6-11-17(16)20)19(24)21-18(12-7-13-23)15-8-3-2-4-9-15/h2-6,8-11,18,23H,7,12-14H2,1H3,(H,21,24). The molecule has 0 saturated heterocycles. The SMILES string of the molecule is CN(Cc1ccccc1Cl)C(=O)NC(CCCO)c1ccccc1. The molecule has 5 heteroatoms. The van der Waals surface area contributed by atoms with Crippen molar-refractivity contribution in [2.45, 2.75) is 25.4 Å². The number of hydrogen-bond acceptors (Lipinski definition) is 2. The Morgan fingerprint density at radius 1 is 1.17 bits per heavy atom. The monoisotopic (exact) mass is 346 g/mol. The van der Waals surface area contributed by atoms with Gasteiger partial charge in [-0.05, 0) is 30.0 Å². The van der Waals surface area contributed by atoms with E-state index in [1.165, 1.54) is 0 Å². The van der Waals surface area contributed by atoms with Crippen LogP contribution in [-0.4, -0.2) is 29.7 Å². The van der Waals surface area contributed by atoms with Crippen molar-refractivity contribution < 1.29 is 9.90 Å². The van der Waals surface area contributed by atoms with Crippen LogP contribution >= 0.6 is 11.6 Å². The van der Waals surface area contributed by atoms with E-state index in [-0.39, 0.29) is 18.7 Å². The molecule has 128 valence electrons. The minimum atomic E-state index is -0.165. The van der Waals surface area contributed by atoms with E-state index >= 15 is 0 Å². The van der Waals surface area contributed by atoms with Crippen molar-refractivity contribution >= 4 is 17.6 Å². The molecule has 2 rings (SSSR count). The maximum atomic E-state index is 12.5. The van der Waals surface area contributed by atoms with Crippen LogP contribution in [0.4, 0.5) is 4.79 Å². The van der Waals surface area contributed by atoms with Crippen LogP contribution in [0.2, 0.25) is 5.02 Å². The third kappa shape index (κ3) is 5.25. The Morgan fingerprint density at radius 3 is 2.50 bits per heavy atom. The van der Waals surface area contributed by atoms with Crippen molar-refractivity contribution in [3.63, 3.8) is 0 Å². The van der Waals surface area contributed by atoms with Crippen molar-refractivity contribution in [2.24, 2.45) is 0 Å². The Morgan fingerprint density at radius 2 is 1.83 bits per heavy atom. The van der Waals surface area contributed by atoms with Crippen molar-refractivity contribution in [3.05, 3.63) is 70.7 Å². The van der Waals surface area contributed by atoms with Crippen molar-refractivity contribution in [1.82, 2.24) is 10.2 Å². The minimum Gasteiger partial charge on any atom is -0.396 e. The molecule has 2 amide bonds. The van der Waals surface area contributed by atoms with E-state index in [4.69, 9.17) is 16.7 Å². The second-order valence-corrected chi connectivity index (χ2v) is 6.13. The Balaban J connectivity index is 2.02. The summed E-state index contributed by atoms with van der Waals surface area (Å²) in [5.74, 6) is 0. The highest BCUT2D eigenvalue weighted by Gasteiger charge is 2.17. The number of nitrogens with zero attached hydrogens (tertiary/aromatic N) is 1. The molecule has 4 nitrogen and oxygen atoms in total. The van der Waals surface area contributed by atoms with Gasteiger partial charge in [0.15, 0.2) is 0 Å². The van der Waals surface area contributed by atoms with Gasteiger partial charge in [-0.3, -0.25) is 0 Å². The van der Waals surface area contributed by atoms with E-state index in [1.54, 1.807) is 11.9 Å². The first-order valence-electron chi connectivity index (χ1n) is 8.02. The van der Waals surface area contributed by atoms with Gasteiger partial charge in [-0.25, -0.2) is 4.79 Å². The number of hydrogen-bond donors (Lipinski definition) is 2. The van der Waals surface area contributed by atoms with Gasteiger partial charge in [0.2, 0.25) is 0 Å². The lowest BCUT2D eigenvalue weighted by atomic mass is 10.0. The van der Waals surface area contributed by atoms with E-state index in [1.807, 2.05) is 54.6 Å². The molecule has 0 spiro atoms. The average molecular weight is 347 g/mol. The lowest BCUT2D eigenvalue weighted by Crippen LogP contribution is -2.39. The Bertz CT molecular complexity index is 649. The lowest BCUT2D eigenvalue weighted by molar-refractivity contribution is 0.200. The largest absolute Gasteiger partial charge is 0.396 e. The van der Waals surface area contributed by atoms with Gasteiger partial charge in [0, 0.05) is 25.2 Å². The first-order chi connectivity index (χ1) is 11.6. The van der Waals surface area contributed by atoms with Crippen LogP contribution in [0, 0.1) is 0 Å². The molecule has 1 atom stereocenters. The van der Waals surface area contributed by atoms with E-state index in [9.17, 15) is 4.79 Å². The molecular weight excluding hydrogens is 324 g/mol. The van der Waals surface area contributed by atoms with Crippen LogP contribution in [0.15, 0.2) is 54.6 Å². The molecule has 0 heterocycles. The summed E-state index contributed by atoms with van der Waals surface area (Å²) >= 11 is 6.16. The quantitative estimate of drug-likeness (QED) is 0.796. The zero-order valence-corrected chi connectivity index (χ0v) is 14.5. The molecule has 0 fully saturated rings. The summed E-state index contributed by atoms with van der Waals surface area (Å²) in [6.45, 7) is 0.543. The molecule has 2 N–H and O–H groups in total. The number of amides is 2. The van der Waals surface area contributed by atoms with Gasteiger partial charge < -0.3 is 15.3 Å².